The highest BCUT2D eigenvalue weighted by atomic mass is 32.1. The van der Waals surface area contributed by atoms with Crippen molar-refractivity contribution in [2.45, 2.75) is 0 Å². The normalized spacial score (nSPS) is 10.7. The number of anilines is 1. The van der Waals surface area contributed by atoms with Crippen LogP contribution in [0.3, 0.4) is 0 Å². The highest BCUT2D eigenvalue weighted by molar-refractivity contribution is 7.13. The van der Waals surface area contributed by atoms with Crippen LogP contribution in [0.2, 0.25) is 0 Å². The van der Waals surface area contributed by atoms with Crippen LogP contribution in [-0.2, 0) is 0 Å². The van der Waals surface area contributed by atoms with Gasteiger partial charge < -0.3 is 5.32 Å². The SMILES string of the molecule is O=C(Nc1ccc(F)cc1F)c1cc(-c2cccs2)nn1-c1ccccc1. The largest absolute Gasteiger partial charge is 0.318 e. The summed E-state index contributed by atoms with van der Waals surface area (Å²) < 4.78 is 28.5. The van der Waals surface area contributed by atoms with E-state index in [-0.39, 0.29) is 11.4 Å². The zero-order valence-electron chi connectivity index (χ0n) is 13.9. The minimum absolute atomic E-state index is 0.0973. The van der Waals surface area contributed by atoms with Gasteiger partial charge in [0.1, 0.15) is 23.0 Å². The van der Waals surface area contributed by atoms with E-state index in [0.29, 0.717) is 11.4 Å². The molecule has 2 aromatic carbocycles. The number of amides is 1. The van der Waals surface area contributed by atoms with Crippen LogP contribution in [-0.4, -0.2) is 15.7 Å². The Labute approximate surface area is 157 Å². The van der Waals surface area contributed by atoms with E-state index in [1.165, 1.54) is 22.1 Å². The van der Waals surface area contributed by atoms with Crippen LogP contribution in [0.25, 0.3) is 16.3 Å². The lowest BCUT2D eigenvalue weighted by atomic mass is 10.2. The number of aromatic nitrogens is 2. The van der Waals surface area contributed by atoms with Gasteiger partial charge >= 0.3 is 0 Å². The summed E-state index contributed by atoms with van der Waals surface area (Å²) in [5.41, 5.74) is 1.48. The van der Waals surface area contributed by atoms with Gasteiger partial charge in [0, 0.05) is 6.07 Å². The minimum Gasteiger partial charge on any atom is -0.318 e. The molecule has 7 heteroatoms. The number of para-hydroxylation sites is 1. The van der Waals surface area contributed by atoms with E-state index in [1.807, 2.05) is 47.8 Å². The van der Waals surface area contributed by atoms with Crippen LogP contribution in [0, 0.1) is 11.6 Å². The van der Waals surface area contributed by atoms with Crippen LogP contribution >= 0.6 is 11.3 Å². The summed E-state index contributed by atoms with van der Waals surface area (Å²) in [7, 11) is 0. The second-order valence-electron chi connectivity index (χ2n) is 5.72. The van der Waals surface area contributed by atoms with Gasteiger partial charge in [-0.1, -0.05) is 24.3 Å². The molecule has 4 rings (SSSR count). The fourth-order valence-electron chi connectivity index (χ4n) is 2.63. The third-order valence-electron chi connectivity index (χ3n) is 3.90. The monoisotopic (exact) mass is 381 g/mol. The molecule has 0 spiro atoms. The molecule has 2 aromatic heterocycles. The molecule has 0 aliphatic heterocycles. The van der Waals surface area contributed by atoms with Crippen molar-refractivity contribution >= 4 is 22.9 Å². The molecule has 0 saturated carbocycles. The molecule has 0 saturated heterocycles. The van der Waals surface area contributed by atoms with Gasteiger partial charge in [-0.2, -0.15) is 5.10 Å². The zero-order chi connectivity index (χ0) is 18.8. The molecule has 4 nitrogen and oxygen atoms in total. The van der Waals surface area contributed by atoms with Gasteiger partial charge in [-0.3, -0.25) is 4.79 Å². The molecule has 0 atom stereocenters. The van der Waals surface area contributed by atoms with E-state index in [9.17, 15) is 13.6 Å². The Hall–Kier alpha value is -3.32. The van der Waals surface area contributed by atoms with Crippen LogP contribution in [0.5, 0.6) is 0 Å². The van der Waals surface area contributed by atoms with E-state index in [1.54, 1.807) is 6.07 Å². The first kappa shape index (κ1) is 17.1. The molecule has 0 bridgehead atoms. The van der Waals surface area contributed by atoms with Gasteiger partial charge in [0.05, 0.1) is 16.3 Å². The minimum atomic E-state index is -0.840. The average Bonchev–Trinajstić information content (AvgIpc) is 3.34. The fourth-order valence-corrected chi connectivity index (χ4v) is 3.31. The van der Waals surface area contributed by atoms with E-state index in [2.05, 4.69) is 10.4 Å². The van der Waals surface area contributed by atoms with Crippen LogP contribution in [0.4, 0.5) is 14.5 Å². The topological polar surface area (TPSA) is 46.9 Å². The summed E-state index contributed by atoms with van der Waals surface area (Å²) in [5, 5.41) is 8.94. The Morgan fingerprint density at radius 2 is 1.81 bits per heavy atom. The van der Waals surface area contributed by atoms with Crippen molar-refractivity contribution < 1.29 is 13.6 Å². The molecule has 0 radical (unpaired) electrons. The van der Waals surface area contributed by atoms with Crippen molar-refractivity contribution in [2.24, 2.45) is 0 Å². The van der Waals surface area contributed by atoms with E-state index in [0.717, 1.165) is 17.0 Å². The molecule has 0 aliphatic rings. The summed E-state index contributed by atoms with van der Waals surface area (Å²) in [5.74, 6) is -2.09. The number of rotatable bonds is 4. The molecule has 0 unspecified atom stereocenters. The maximum absolute atomic E-state index is 13.9. The summed E-state index contributed by atoms with van der Waals surface area (Å²) in [6.07, 6.45) is 0. The number of carbonyl (C=O) groups excluding carboxylic acids is 1. The second kappa shape index (κ2) is 7.13. The second-order valence-corrected chi connectivity index (χ2v) is 6.67. The lowest BCUT2D eigenvalue weighted by Gasteiger charge is -2.09. The van der Waals surface area contributed by atoms with Gasteiger partial charge in [0.25, 0.3) is 5.91 Å². The van der Waals surface area contributed by atoms with Crippen molar-refractivity contribution in [3.8, 4) is 16.3 Å². The number of nitrogens with one attached hydrogen (secondary N) is 1. The molecule has 134 valence electrons. The predicted molar refractivity (Wildman–Crippen MR) is 101 cm³/mol. The number of halogens is 2. The maximum atomic E-state index is 13.9. The molecule has 4 aromatic rings. The van der Waals surface area contributed by atoms with Crippen molar-refractivity contribution in [2.75, 3.05) is 5.32 Å². The summed E-state index contributed by atoms with van der Waals surface area (Å²) in [6, 6.07) is 17.6. The molecule has 27 heavy (non-hydrogen) atoms. The summed E-state index contributed by atoms with van der Waals surface area (Å²) in [4.78, 5) is 13.7. The number of nitrogens with zero attached hydrogens (tertiary/aromatic N) is 2. The van der Waals surface area contributed by atoms with Gasteiger partial charge in [-0.15, -0.1) is 11.3 Å². The number of thiophene rings is 1. The Bertz CT molecular complexity index is 1090. The first-order valence-electron chi connectivity index (χ1n) is 8.07. The first-order valence-corrected chi connectivity index (χ1v) is 8.95. The fraction of sp³-hybridized carbons (Fsp3) is 0. The molecular formula is C20H13F2N3OS. The molecule has 0 aliphatic carbocycles. The summed E-state index contributed by atoms with van der Waals surface area (Å²) in [6.45, 7) is 0. The van der Waals surface area contributed by atoms with Gasteiger partial charge in [0.2, 0.25) is 0 Å². The highest BCUT2D eigenvalue weighted by Crippen LogP contribution is 2.26. The van der Waals surface area contributed by atoms with Gasteiger partial charge in [-0.25, -0.2) is 13.5 Å². The Morgan fingerprint density at radius 1 is 1.00 bits per heavy atom. The maximum Gasteiger partial charge on any atom is 0.274 e. The quantitative estimate of drug-likeness (QED) is 0.533. The number of carbonyl (C=O) groups is 1. The van der Waals surface area contributed by atoms with Crippen molar-refractivity contribution in [3.63, 3.8) is 0 Å². The molecule has 2 heterocycles. The van der Waals surface area contributed by atoms with Crippen molar-refractivity contribution in [1.82, 2.24) is 9.78 Å². The molecule has 1 amide bonds. The van der Waals surface area contributed by atoms with Crippen LogP contribution in [0.15, 0.2) is 72.1 Å². The van der Waals surface area contributed by atoms with E-state index in [4.69, 9.17) is 0 Å². The molecule has 0 fully saturated rings. The van der Waals surface area contributed by atoms with Crippen LogP contribution < -0.4 is 5.32 Å². The lowest BCUT2D eigenvalue weighted by Crippen LogP contribution is -2.17. The average molecular weight is 381 g/mol. The third kappa shape index (κ3) is 3.50. The van der Waals surface area contributed by atoms with Gasteiger partial charge in [-0.05, 0) is 41.8 Å². The number of hydrogen-bond donors (Lipinski definition) is 1. The zero-order valence-corrected chi connectivity index (χ0v) is 14.7. The molecule has 1 N–H and O–H groups in total. The smallest absolute Gasteiger partial charge is 0.274 e. The highest BCUT2D eigenvalue weighted by Gasteiger charge is 2.19. The summed E-state index contributed by atoms with van der Waals surface area (Å²) >= 11 is 1.50. The standard InChI is InChI=1S/C20H13F2N3OS/c21-13-8-9-16(15(22)11-13)23-20(26)18-12-17(19-7-4-10-27-19)24-25(18)14-5-2-1-3-6-14/h1-12H,(H,23,26). The Kier molecular flexibility index (Phi) is 4.52. The Morgan fingerprint density at radius 3 is 2.52 bits per heavy atom. The van der Waals surface area contributed by atoms with E-state index >= 15 is 0 Å². The third-order valence-corrected chi connectivity index (χ3v) is 4.79. The van der Waals surface area contributed by atoms with Gasteiger partial charge in [0.15, 0.2) is 0 Å². The predicted octanol–water partition coefficient (Wildman–Crippen LogP) is 5.13. The lowest BCUT2D eigenvalue weighted by molar-refractivity contribution is 0.101. The van der Waals surface area contributed by atoms with Crippen LogP contribution in [0.1, 0.15) is 10.5 Å². The van der Waals surface area contributed by atoms with E-state index < -0.39 is 17.5 Å². The Balaban J connectivity index is 1.75. The molecular weight excluding hydrogens is 368 g/mol. The first-order chi connectivity index (χ1) is 13.1. The number of hydrogen-bond acceptors (Lipinski definition) is 3. The number of benzene rings is 2. The van der Waals surface area contributed by atoms with Crippen molar-refractivity contribution in [1.29, 1.82) is 0 Å². The van der Waals surface area contributed by atoms with Crippen molar-refractivity contribution in [3.05, 3.63) is 89.4 Å².